The van der Waals surface area contributed by atoms with E-state index in [1.165, 1.54) is 4.90 Å². The molecule has 0 aliphatic heterocycles. The highest BCUT2D eigenvalue weighted by Gasteiger charge is 2.27. The lowest BCUT2D eigenvalue weighted by molar-refractivity contribution is -0.137. The van der Waals surface area contributed by atoms with Gasteiger partial charge in [-0.05, 0) is 32.6 Å². The van der Waals surface area contributed by atoms with Crippen molar-refractivity contribution in [2.24, 2.45) is 11.7 Å². The van der Waals surface area contributed by atoms with Crippen LogP contribution in [0.3, 0.4) is 0 Å². The number of hydrogen-bond donors (Lipinski definition) is 2. The van der Waals surface area contributed by atoms with E-state index in [0.29, 0.717) is 11.6 Å². The number of nitrogens with zero attached hydrogens (tertiary/aromatic N) is 2. The minimum Gasteiger partial charge on any atom is -0.360 e. The van der Waals surface area contributed by atoms with Gasteiger partial charge < -0.3 is 20.5 Å². The van der Waals surface area contributed by atoms with Gasteiger partial charge in [0.2, 0.25) is 11.8 Å². The van der Waals surface area contributed by atoms with Crippen LogP contribution < -0.4 is 11.1 Å². The van der Waals surface area contributed by atoms with E-state index in [-0.39, 0.29) is 30.3 Å². The molecule has 1 aromatic rings. The fourth-order valence-corrected chi connectivity index (χ4v) is 2.58. The molecule has 1 heterocycles. The van der Waals surface area contributed by atoms with Crippen LogP contribution in [0, 0.1) is 12.8 Å². The summed E-state index contributed by atoms with van der Waals surface area (Å²) in [5, 5.41) is 6.28. The zero-order valence-electron chi connectivity index (χ0n) is 12.5. The van der Waals surface area contributed by atoms with Crippen LogP contribution in [0.5, 0.6) is 0 Å². The lowest BCUT2D eigenvalue weighted by Gasteiger charge is -2.28. The molecule has 3 N–H and O–H groups in total. The summed E-state index contributed by atoms with van der Waals surface area (Å²) >= 11 is 0. The van der Waals surface area contributed by atoms with Crippen LogP contribution >= 0.6 is 0 Å². The van der Waals surface area contributed by atoms with Crippen molar-refractivity contribution < 1.29 is 14.1 Å². The molecule has 1 aromatic heterocycles. The third-order valence-electron chi connectivity index (χ3n) is 3.77. The Morgan fingerprint density at radius 1 is 1.43 bits per heavy atom. The van der Waals surface area contributed by atoms with Crippen LogP contribution in [0.15, 0.2) is 10.6 Å². The first kappa shape index (κ1) is 15.5. The molecular weight excluding hydrogens is 272 g/mol. The van der Waals surface area contributed by atoms with Crippen LogP contribution in [-0.2, 0) is 9.59 Å². The number of aryl methyl sites for hydroxylation is 1. The summed E-state index contributed by atoms with van der Waals surface area (Å²) in [6.45, 7) is 1.75. The Morgan fingerprint density at radius 3 is 2.67 bits per heavy atom. The predicted octanol–water partition coefficient (Wildman–Crippen LogP) is 0.897. The number of nitrogens with one attached hydrogen (secondary N) is 1. The number of anilines is 1. The van der Waals surface area contributed by atoms with Crippen LogP contribution in [0.4, 0.5) is 5.82 Å². The number of amides is 2. The van der Waals surface area contributed by atoms with Crippen molar-refractivity contribution >= 4 is 17.6 Å². The second kappa shape index (κ2) is 6.71. The molecule has 7 nitrogen and oxygen atoms in total. The largest absolute Gasteiger partial charge is 0.360 e. The summed E-state index contributed by atoms with van der Waals surface area (Å²) in [5.74, 6) is 0.687. The molecule has 1 fully saturated rings. The fraction of sp³-hybridized carbons (Fsp3) is 0.643. The van der Waals surface area contributed by atoms with E-state index in [2.05, 4.69) is 10.5 Å². The number of likely N-dealkylation sites (N-methyl/N-ethyl adjacent to an activating group) is 1. The number of aromatic nitrogens is 1. The molecule has 0 radical (unpaired) electrons. The van der Waals surface area contributed by atoms with Gasteiger partial charge >= 0.3 is 0 Å². The third kappa shape index (κ3) is 4.29. The summed E-state index contributed by atoms with van der Waals surface area (Å²) in [4.78, 5) is 25.6. The van der Waals surface area contributed by atoms with Crippen LogP contribution in [0.1, 0.15) is 31.4 Å². The molecule has 1 aliphatic rings. The topological polar surface area (TPSA) is 101 Å². The summed E-state index contributed by atoms with van der Waals surface area (Å²) in [6, 6.07) is 1.83. The minimum absolute atomic E-state index is 0.00724. The normalized spacial score (nSPS) is 21.9. The SMILES string of the molecule is Cc1cc(NC(=O)CN(C)C(=O)C2CCC(N)CC2)no1. The molecule has 0 atom stereocenters. The van der Waals surface area contributed by atoms with Crippen molar-refractivity contribution in [2.75, 3.05) is 18.9 Å². The van der Waals surface area contributed by atoms with Gasteiger partial charge in [-0.1, -0.05) is 5.16 Å². The van der Waals surface area contributed by atoms with E-state index in [1.54, 1.807) is 20.0 Å². The highest BCUT2D eigenvalue weighted by atomic mass is 16.5. The quantitative estimate of drug-likeness (QED) is 0.859. The van der Waals surface area contributed by atoms with E-state index in [0.717, 1.165) is 25.7 Å². The molecule has 0 spiro atoms. The maximum absolute atomic E-state index is 12.3. The molecule has 0 aromatic carbocycles. The average Bonchev–Trinajstić information content (AvgIpc) is 2.83. The predicted molar refractivity (Wildman–Crippen MR) is 77.4 cm³/mol. The Balaban J connectivity index is 1.81. The summed E-state index contributed by atoms with van der Waals surface area (Å²) < 4.78 is 4.87. The number of hydrogen-bond acceptors (Lipinski definition) is 5. The van der Waals surface area contributed by atoms with Gasteiger partial charge in [-0.3, -0.25) is 9.59 Å². The summed E-state index contributed by atoms with van der Waals surface area (Å²) in [5.41, 5.74) is 5.84. The first-order chi connectivity index (χ1) is 9.95. The Labute approximate surface area is 123 Å². The average molecular weight is 294 g/mol. The first-order valence-electron chi connectivity index (χ1n) is 7.19. The van der Waals surface area contributed by atoms with Gasteiger partial charge in [-0.15, -0.1) is 0 Å². The van der Waals surface area contributed by atoms with E-state index >= 15 is 0 Å². The van der Waals surface area contributed by atoms with Crippen LogP contribution in [0.2, 0.25) is 0 Å². The minimum atomic E-state index is -0.285. The molecule has 0 bridgehead atoms. The van der Waals surface area contributed by atoms with Crippen molar-refractivity contribution in [3.8, 4) is 0 Å². The summed E-state index contributed by atoms with van der Waals surface area (Å²) in [7, 11) is 1.64. The van der Waals surface area contributed by atoms with E-state index in [9.17, 15) is 9.59 Å². The Kier molecular flexibility index (Phi) is 4.95. The van der Waals surface area contributed by atoms with Gasteiger partial charge in [0.15, 0.2) is 5.82 Å². The van der Waals surface area contributed by atoms with Crippen molar-refractivity contribution in [1.29, 1.82) is 0 Å². The van der Waals surface area contributed by atoms with Gasteiger partial charge in [0.1, 0.15) is 5.76 Å². The van der Waals surface area contributed by atoms with Gasteiger partial charge in [0, 0.05) is 25.1 Å². The lowest BCUT2D eigenvalue weighted by Crippen LogP contribution is -2.41. The number of nitrogens with two attached hydrogens (primary N) is 1. The second-order valence-corrected chi connectivity index (χ2v) is 5.68. The number of carbonyl (C=O) groups is 2. The van der Waals surface area contributed by atoms with E-state index < -0.39 is 0 Å². The van der Waals surface area contributed by atoms with Crippen LogP contribution in [0.25, 0.3) is 0 Å². The smallest absolute Gasteiger partial charge is 0.245 e. The molecule has 2 amide bonds. The van der Waals surface area contributed by atoms with E-state index in [1.807, 2.05) is 0 Å². The van der Waals surface area contributed by atoms with Gasteiger partial charge in [0.05, 0.1) is 6.54 Å². The van der Waals surface area contributed by atoms with Crippen molar-refractivity contribution in [1.82, 2.24) is 10.1 Å². The van der Waals surface area contributed by atoms with Crippen molar-refractivity contribution in [3.05, 3.63) is 11.8 Å². The fourth-order valence-electron chi connectivity index (χ4n) is 2.58. The number of carbonyl (C=O) groups excluding carboxylic acids is 2. The van der Waals surface area contributed by atoms with Crippen molar-refractivity contribution in [2.45, 2.75) is 38.6 Å². The third-order valence-corrected chi connectivity index (χ3v) is 3.77. The zero-order chi connectivity index (χ0) is 15.4. The van der Waals surface area contributed by atoms with Gasteiger partial charge in [0.25, 0.3) is 0 Å². The molecule has 1 aliphatic carbocycles. The Morgan fingerprint density at radius 2 is 2.10 bits per heavy atom. The molecule has 7 heteroatoms. The molecule has 0 saturated heterocycles. The first-order valence-corrected chi connectivity index (χ1v) is 7.19. The highest BCUT2D eigenvalue weighted by Crippen LogP contribution is 2.24. The Hall–Kier alpha value is -1.89. The maximum Gasteiger partial charge on any atom is 0.245 e. The molecule has 2 rings (SSSR count). The highest BCUT2D eigenvalue weighted by molar-refractivity contribution is 5.94. The molecular formula is C14H22N4O3. The maximum atomic E-state index is 12.3. The molecule has 116 valence electrons. The van der Waals surface area contributed by atoms with Crippen molar-refractivity contribution in [3.63, 3.8) is 0 Å². The van der Waals surface area contributed by atoms with Gasteiger partial charge in [-0.25, -0.2) is 0 Å². The molecule has 0 unspecified atom stereocenters. The van der Waals surface area contributed by atoms with E-state index in [4.69, 9.17) is 10.3 Å². The standard InChI is InChI=1S/C14H22N4O3/c1-9-7-12(17-21-9)16-13(19)8-18(2)14(20)10-3-5-11(15)6-4-10/h7,10-11H,3-6,8,15H2,1-2H3,(H,16,17,19). The Bertz CT molecular complexity index is 506. The number of rotatable bonds is 4. The molecule has 21 heavy (non-hydrogen) atoms. The summed E-state index contributed by atoms with van der Waals surface area (Å²) in [6.07, 6.45) is 3.34. The zero-order valence-corrected chi connectivity index (χ0v) is 12.5. The molecule has 1 saturated carbocycles. The van der Waals surface area contributed by atoms with Crippen LogP contribution in [-0.4, -0.2) is 41.5 Å². The second-order valence-electron chi connectivity index (χ2n) is 5.68. The lowest BCUT2D eigenvalue weighted by atomic mass is 9.85. The monoisotopic (exact) mass is 294 g/mol. The van der Waals surface area contributed by atoms with Gasteiger partial charge in [-0.2, -0.15) is 0 Å².